The van der Waals surface area contributed by atoms with Gasteiger partial charge >= 0.3 is 150 Å². The fraction of sp³-hybridized carbons (Fsp3) is 0.938. The van der Waals surface area contributed by atoms with E-state index in [4.69, 9.17) is 12.3 Å². The Hall–Kier alpha value is 1.26. The molecular weight excluding hydrogens is 468 g/mol. The number of nitrogens with one attached hydrogen (secondary N) is 2. The molecule has 0 aliphatic rings. The zero-order valence-electron chi connectivity index (χ0n) is 19.2. The van der Waals surface area contributed by atoms with Gasteiger partial charge in [0.15, 0.2) is 0 Å². The molecule has 166 valence electrons. The van der Waals surface area contributed by atoms with Crippen molar-refractivity contribution in [2.45, 2.75) is 77.3 Å². The zero-order valence-corrected chi connectivity index (χ0v) is 25.7. The van der Waals surface area contributed by atoms with E-state index in [-0.39, 0.29) is 0 Å². The van der Waals surface area contributed by atoms with E-state index in [0.29, 0.717) is 0 Å². The van der Waals surface area contributed by atoms with E-state index >= 15 is 0 Å². The van der Waals surface area contributed by atoms with Crippen LogP contribution in [0.4, 0.5) is 0 Å². The van der Waals surface area contributed by atoms with E-state index in [0.717, 1.165) is 27.6 Å². The molecule has 0 aliphatic heterocycles. The maximum absolute atomic E-state index is 6.87. The molecule has 0 heterocycles. The Kier molecular flexibility index (Phi) is 13.4. The Labute approximate surface area is 181 Å². The van der Waals surface area contributed by atoms with Gasteiger partial charge < -0.3 is 5.32 Å². The van der Waals surface area contributed by atoms with Gasteiger partial charge in [-0.1, -0.05) is 0 Å². The normalized spacial score (nSPS) is 14.6. The summed E-state index contributed by atoms with van der Waals surface area (Å²) in [6.45, 7) is 20.8. The minimum absolute atomic E-state index is 0.497. The number of hydrogen-bond acceptors (Lipinski definition) is 5. The molecule has 0 spiro atoms. The average molecular weight is 513 g/mol. The molecule has 0 rings (SSSR count). The summed E-state index contributed by atoms with van der Waals surface area (Å²) in [6.07, 6.45) is 2.41. The van der Waals surface area contributed by atoms with Gasteiger partial charge in [0.25, 0.3) is 0 Å². The SMILES string of the molecule is [CH2]=[Co][NH]CCC[Si](C)(C)[Si](C)(C)O[Si](C)(C)O[Si](C)(C)O[SiH2]CCCNC. The topological polar surface area (TPSA) is 51.8 Å². The van der Waals surface area contributed by atoms with Crippen molar-refractivity contribution in [2.24, 2.45) is 0 Å². The summed E-state index contributed by atoms with van der Waals surface area (Å²) in [4.78, 5) is 0. The minimum Gasteiger partial charge on any atom is -0.320 e. The third-order valence-electron chi connectivity index (χ3n) is 5.04. The van der Waals surface area contributed by atoms with Gasteiger partial charge in [-0.25, -0.2) is 0 Å². The van der Waals surface area contributed by atoms with E-state index in [1.54, 1.807) is 0 Å². The first-order valence-corrected chi connectivity index (χ1v) is 25.6. The van der Waals surface area contributed by atoms with Crippen LogP contribution in [-0.2, 0) is 26.8 Å². The first kappa shape index (κ1) is 28.3. The Bertz CT molecular complexity index is 440. The second kappa shape index (κ2) is 12.8. The smallest absolute Gasteiger partial charge is 0.320 e. The molecule has 5 nitrogen and oxygen atoms in total. The Morgan fingerprint density at radius 3 is 2.07 bits per heavy atom. The molecule has 0 aromatic heterocycles. The molecule has 0 saturated heterocycles. The Morgan fingerprint density at radius 1 is 0.889 bits per heavy atom. The van der Waals surface area contributed by atoms with Crippen molar-refractivity contribution in [2.75, 3.05) is 20.1 Å². The van der Waals surface area contributed by atoms with Crippen molar-refractivity contribution < 1.29 is 26.8 Å². The molecule has 0 amide bonds. The maximum atomic E-state index is 6.87. The molecule has 0 aromatic carbocycles. The quantitative estimate of drug-likeness (QED) is 0.246. The van der Waals surface area contributed by atoms with Crippen LogP contribution in [0.5, 0.6) is 0 Å². The average Bonchev–Trinajstić information content (AvgIpc) is 2.48. The van der Waals surface area contributed by atoms with Crippen LogP contribution in [0.1, 0.15) is 12.8 Å². The van der Waals surface area contributed by atoms with Crippen LogP contribution in [0.15, 0.2) is 0 Å². The van der Waals surface area contributed by atoms with E-state index in [9.17, 15) is 0 Å². The van der Waals surface area contributed by atoms with Gasteiger partial charge in [-0.2, -0.15) is 0 Å². The zero-order chi connectivity index (χ0) is 21.2. The van der Waals surface area contributed by atoms with Crippen molar-refractivity contribution in [3.05, 3.63) is 0 Å². The standard InChI is InChI=1S/C15H43N2O3Si5.CH2.Co/c1-17-13-11-14-21-18-23(4,5)19-24(6,7)20-25(8,9)22(2,3)15-10-12-16;;/h16-17H,10-15,21H2,1-9H3;1H2;/q-1;;+1. The van der Waals surface area contributed by atoms with E-state index in [2.05, 4.69) is 67.5 Å². The third-order valence-corrected chi connectivity index (χ3v) is 34.2. The monoisotopic (exact) mass is 512 g/mol. The van der Waals surface area contributed by atoms with Gasteiger partial charge in [0.2, 0.25) is 0 Å². The van der Waals surface area contributed by atoms with Crippen LogP contribution in [0.25, 0.3) is 0 Å². The van der Waals surface area contributed by atoms with Gasteiger partial charge in [0.1, 0.15) is 0 Å². The molecule has 0 fully saturated rings. The van der Waals surface area contributed by atoms with Crippen LogP contribution < -0.4 is 9.68 Å². The first-order valence-electron chi connectivity index (χ1n) is 10.0. The molecule has 0 bridgehead atoms. The summed E-state index contributed by atoms with van der Waals surface area (Å²) in [5, 5.41) is 3.20. The number of hydrogen-bond donors (Lipinski definition) is 2. The van der Waals surface area contributed by atoms with Gasteiger partial charge in [-0.15, -0.1) is 0 Å². The molecule has 0 aliphatic carbocycles. The number of rotatable bonds is 16. The summed E-state index contributed by atoms with van der Waals surface area (Å²) < 4.78 is 23.1. The Morgan fingerprint density at radius 2 is 1.52 bits per heavy atom. The van der Waals surface area contributed by atoms with Gasteiger partial charge in [-0.05, 0) is 26.1 Å². The van der Waals surface area contributed by atoms with Crippen molar-refractivity contribution in [1.29, 1.82) is 0 Å². The molecule has 0 atom stereocenters. The van der Waals surface area contributed by atoms with Crippen LogP contribution in [0.2, 0.25) is 64.5 Å². The fourth-order valence-electron chi connectivity index (χ4n) is 3.07. The molecule has 0 unspecified atom stereocenters. The fourth-order valence-corrected chi connectivity index (χ4v) is 27.2. The first-order chi connectivity index (χ1) is 12.3. The Balaban J connectivity index is 4.67. The van der Waals surface area contributed by atoms with E-state index in [1.807, 2.05) is 7.05 Å². The van der Waals surface area contributed by atoms with Crippen molar-refractivity contribution in [3.63, 3.8) is 0 Å². The van der Waals surface area contributed by atoms with E-state index < -0.39 is 42.3 Å². The van der Waals surface area contributed by atoms with Crippen LogP contribution in [0.3, 0.4) is 0 Å². The molecule has 0 radical (unpaired) electrons. The van der Waals surface area contributed by atoms with Crippen LogP contribution >= 0.6 is 0 Å². The molecule has 2 N–H and O–H groups in total. The minimum atomic E-state index is -2.20. The van der Waals surface area contributed by atoms with Crippen molar-refractivity contribution in [1.82, 2.24) is 9.68 Å². The second-order valence-corrected chi connectivity index (χ2v) is 34.3. The third kappa shape index (κ3) is 12.5. The molecule has 0 saturated carbocycles. The molecule has 0 aromatic rings. The van der Waals surface area contributed by atoms with E-state index in [1.165, 1.54) is 24.9 Å². The van der Waals surface area contributed by atoms with Crippen molar-refractivity contribution >= 4 is 47.8 Å². The predicted octanol–water partition coefficient (Wildman–Crippen LogP) is 2.95. The summed E-state index contributed by atoms with van der Waals surface area (Å²) >= 11 is 1.05. The van der Waals surface area contributed by atoms with Gasteiger partial charge in [-0.3, -0.25) is 0 Å². The second-order valence-electron chi connectivity index (χ2n) is 9.15. The molecular formula is C16H45CoN2O3Si5. The molecule has 11 heteroatoms. The predicted molar refractivity (Wildman–Crippen MR) is 130 cm³/mol. The van der Waals surface area contributed by atoms with Gasteiger partial charge in [0, 0.05) is 0 Å². The van der Waals surface area contributed by atoms with Crippen molar-refractivity contribution in [3.8, 4) is 0 Å². The van der Waals surface area contributed by atoms with Crippen LogP contribution in [-0.4, -0.2) is 67.9 Å². The van der Waals surface area contributed by atoms with Gasteiger partial charge in [0.05, 0.1) is 0 Å². The summed E-state index contributed by atoms with van der Waals surface area (Å²) in [5.74, 6) is 0. The van der Waals surface area contributed by atoms with Crippen LogP contribution in [0, 0.1) is 0 Å². The molecule has 27 heavy (non-hydrogen) atoms. The summed E-state index contributed by atoms with van der Waals surface area (Å²) in [7, 11) is -5.99. The summed E-state index contributed by atoms with van der Waals surface area (Å²) in [5.41, 5.74) is 3.82. The summed E-state index contributed by atoms with van der Waals surface area (Å²) in [6, 6.07) is 2.51.